The summed E-state index contributed by atoms with van der Waals surface area (Å²) in [5, 5.41) is 1.97. The predicted molar refractivity (Wildman–Crippen MR) is 137 cm³/mol. The fourth-order valence-electron chi connectivity index (χ4n) is 3.93. The zero-order chi connectivity index (χ0) is 24.0. The van der Waals surface area contributed by atoms with Gasteiger partial charge in [-0.25, -0.2) is 4.98 Å². The van der Waals surface area contributed by atoms with E-state index in [1.807, 2.05) is 103 Å². The molecule has 4 N–H and O–H groups in total. The molecular formula is C28H23N5O2. The van der Waals surface area contributed by atoms with Gasteiger partial charge in [-0.3, -0.25) is 15.6 Å². The first-order chi connectivity index (χ1) is 17.2. The zero-order valence-electron chi connectivity index (χ0n) is 18.8. The van der Waals surface area contributed by atoms with E-state index in [2.05, 4.69) is 20.8 Å². The number of carbonyl (C=O) groups is 1. The van der Waals surface area contributed by atoms with Crippen LogP contribution < -0.4 is 21.3 Å². The number of hydrazine groups is 1. The van der Waals surface area contributed by atoms with E-state index in [-0.39, 0.29) is 23.3 Å². The fourth-order valence-corrected chi connectivity index (χ4v) is 3.93. The minimum absolute atomic E-state index is 0.178. The predicted octanol–water partition coefficient (Wildman–Crippen LogP) is 5.28. The van der Waals surface area contributed by atoms with Gasteiger partial charge in [-0.05, 0) is 22.6 Å². The number of hydrogen-bond acceptors (Lipinski definition) is 6. The normalized spacial score (nSPS) is 10.8. The largest absolute Gasteiger partial charge is 0.436 e. The third kappa shape index (κ3) is 4.74. The summed E-state index contributed by atoms with van der Waals surface area (Å²) in [6.45, 7) is 0. The Morgan fingerprint density at radius 3 is 2.11 bits per heavy atom. The molecule has 0 radical (unpaired) electrons. The molecule has 5 aromatic rings. The quantitative estimate of drug-likeness (QED) is 0.285. The third-order valence-corrected chi connectivity index (χ3v) is 5.64. The van der Waals surface area contributed by atoms with Crippen LogP contribution >= 0.6 is 0 Å². The Labute approximate surface area is 202 Å². The molecule has 0 atom stereocenters. The molecular weight excluding hydrogens is 438 g/mol. The summed E-state index contributed by atoms with van der Waals surface area (Å²) in [4.78, 5) is 21.6. The highest BCUT2D eigenvalue weighted by atomic mass is 16.5. The van der Waals surface area contributed by atoms with E-state index in [0.29, 0.717) is 5.75 Å². The van der Waals surface area contributed by atoms with Crippen LogP contribution in [0.15, 0.2) is 109 Å². The number of carbonyl (C=O) groups excluding carboxylic acids is 1. The van der Waals surface area contributed by atoms with Gasteiger partial charge in [0.15, 0.2) is 5.82 Å². The van der Waals surface area contributed by atoms with Gasteiger partial charge in [-0.2, -0.15) is 4.98 Å². The highest BCUT2D eigenvalue weighted by molar-refractivity contribution is 5.89. The Hall–Kier alpha value is -4.91. The Kier molecular flexibility index (Phi) is 6.21. The molecule has 35 heavy (non-hydrogen) atoms. The van der Waals surface area contributed by atoms with E-state index >= 15 is 0 Å². The molecule has 0 aliphatic rings. The Morgan fingerprint density at radius 2 is 1.40 bits per heavy atom. The van der Waals surface area contributed by atoms with Crippen molar-refractivity contribution in [2.24, 2.45) is 0 Å². The van der Waals surface area contributed by atoms with Crippen molar-refractivity contribution in [1.82, 2.24) is 15.4 Å². The minimum atomic E-state index is -0.514. The number of hydrogen-bond donors (Lipinski definition) is 3. The number of nitrogen functional groups attached to an aromatic ring is 1. The molecule has 0 fully saturated rings. The monoisotopic (exact) mass is 461 g/mol. The summed E-state index contributed by atoms with van der Waals surface area (Å²) in [6.07, 6.45) is 1.33. The van der Waals surface area contributed by atoms with Crippen LogP contribution in [0.4, 0.5) is 11.5 Å². The molecule has 0 aliphatic carbocycles. The van der Waals surface area contributed by atoms with Gasteiger partial charge in [0.1, 0.15) is 17.8 Å². The first-order valence-corrected chi connectivity index (χ1v) is 11.1. The molecule has 0 unspecified atom stereocenters. The second-order valence-corrected chi connectivity index (χ2v) is 7.89. The number of nitrogens with zero attached hydrogens (tertiary/aromatic N) is 2. The van der Waals surface area contributed by atoms with Crippen molar-refractivity contribution in [3.63, 3.8) is 0 Å². The van der Waals surface area contributed by atoms with Crippen LogP contribution in [0.25, 0.3) is 10.8 Å². The van der Waals surface area contributed by atoms with Crippen LogP contribution in [-0.4, -0.2) is 15.9 Å². The molecule has 5 rings (SSSR count). The molecule has 0 bridgehead atoms. The number of amides is 1. The zero-order valence-corrected chi connectivity index (χ0v) is 18.8. The molecule has 7 heteroatoms. The van der Waals surface area contributed by atoms with Gasteiger partial charge >= 0.3 is 0 Å². The lowest BCUT2D eigenvalue weighted by Gasteiger charge is -2.19. The second-order valence-electron chi connectivity index (χ2n) is 7.89. The molecule has 172 valence electrons. The molecule has 1 amide bonds. The van der Waals surface area contributed by atoms with E-state index in [4.69, 9.17) is 10.5 Å². The molecule has 0 saturated carbocycles. The van der Waals surface area contributed by atoms with Crippen molar-refractivity contribution in [3.8, 4) is 11.6 Å². The van der Waals surface area contributed by atoms with E-state index in [9.17, 15) is 4.79 Å². The van der Waals surface area contributed by atoms with Crippen LogP contribution in [0.2, 0.25) is 0 Å². The van der Waals surface area contributed by atoms with Gasteiger partial charge in [-0.1, -0.05) is 97.1 Å². The molecule has 1 heterocycles. The van der Waals surface area contributed by atoms with E-state index < -0.39 is 5.92 Å². The number of anilines is 2. The van der Waals surface area contributed by atoms with Crippen molar-refractivity contribution in [2.75, 3.05) is 11.2 Å². The standard InChI is InChI=1S/C28H23N5O2/c29-25-26(30-18-31-28(25)35-23-17-9-15-19-10-7-8-16-22(19)23)32-33-27(34)24(20-11-3-1-4-12-20)21-13-5-2-6-14-21/h1-18,24H,29H2,(H,33,34)(H,30,31,32). The van der Waals surface area contributed by atoms with Gasteiger partial charge in [0.2, 0.25) is 11.8 Å². The van der Waals surface area contributed by atoms with Crippen LogP contribution in [0.1, 0.15) is 17.0 Å². The summed E-state index contributed by atoms with van der Waals surface area (Å²) in [7, 11) is 0. The molecule has 0 aliphatic heterocycles. The molecule has 0 spiro atoms. The Morgan fingerprint density at radius 1 is 0.771 bits per heavy atom. The van der Waals surface area contributed by atoms with Crippen LogP contribution in [0.5, 0.6) is 11.6 Å². The molecule has 4 aromatic carbocycles. The SMILES string of the molecule is Nc1c(NNC(=O)C(c2ccccc2)c2ccccc2)ncnc1Oc1cccc2ccccc12. The van der Waals surface area contributed by atoms with Gasteiger partial charge < -0.3 is 10.5 Å². The highest BCUT2D eigenvalue weighted by Gasteiger charge is 2.23. The first kappa shape index (κ1) is 21.9. The average molecular weight is 462 g/mol. The van der Waals surface area contributed by atoms with E-state index in [1.165, 1.54) is 6.33 Å². The second kappa shape index (κ2) is 9.93. The summed E-state index contributed by atoms with van der Waals surface area (Å²) >= 11 is 0. The molecule has 1 aromatic heterocycles. The maximum atomic E-state index is 13.3. The molecule has 7 nitrogen and oxygen atoms in total. The summed E-state index contributed by atoms with van der Waals surface area (Å²) in [5.74, 6) is 0.284. The third-order valence-electron chi connectivity index (χ3n) is 5.64. The van der Waals surface area contributed by atoms with Gasteiger partial charge in [-0.15, -0.1) is 0 Å². The highest BCUT2D eigenvalue weighted by Crippen LogP contribution is 2.33. The Balaban J connectivity index is 1.37. The smallest absolute Gasteiger partial charge is 0.250 e. The lowest BCUT2D eigenvalue weighted by molar-refractivity contribution is -0.121. The molecule has 0 saturated heterocycles. The van der Waals surface area contributed by atoms with Gasteiger partial charge in [0.05, 0.1) is 5.92 Å². The van der Waals surface area contributed by atoms with Gasteiger partial charge in [0, 0.05) is 5.39 Å². The fraction of sp³-hybridized carbons (Fsp3) is 0.0357. The van der Waals surface area contributed by atoms with Crippen molar-refractivity contribution in [2.45, 2.75) is 5.92 Å². The maximum Gasteiger partial charge on any atom is 0.250 e. The first-order valence-electron chi connectivity index (χ1n) is 11.1. The number of nitrogens with one attached hydrogen (secondary N) is 2. The maximum absolute atomic E-state index is 13.3. The lowest BCUT2D eigenvalue weighted by atomic mass is 9.91. The summed E-state index contributed by atoms with van der Waals surface area (Å²) in [6, 6.07) is 32.8. The lowest BCUT2D eigenvalue weighted by Crippen LogP contribution is -2.35. The van der Waals surface area contributed by atoms with Crippen LogP contribution in [0.3, 0.4) is 0 Å². The van der Waals surface area contributed by atoms with Gasteiger partial charge in [0.25, 0.3) is 0 Å². The number of fused-ring (bicyclic) bond motifs is 1. The van der Waals surface area contributed by atoms with E-state index in [0.717, 1.165) is 21.9 Å². The number of rotatable bonds is 7. The minimum Gasteiger partial charge on any atom is -0.436 e. The number of benzene rings is 4. The average Bonchev–Trinajstić information content (AvgIpc) is 2.91. The van der Waals surface area contributed by atoms with Crippen molar-refractivity contribution in [1.29, 1.82) is 0 Å². The van der Waals surface area contributed by atoms with Crippen molar-refractivity contribution >= 4 is 28.2 Å². The topological polar surface area (TPSA) is 102 Å². The van der Waals surface area contributed by atoms with Crippen LogP contribution in [0, 0.1) is 0 Å². The number of aromatic nitrogens is 2. The number of ether oxygens (including phenoxy) is 1. The van der Waals surface area contributed by atoms with Crippen molar-refractivity contribution in [3.05, 3.63) is 121 Å². The van der Waals surface area contributed by atoms with E-state index in [1.54, 1.807) is 0 Å². The summed E-state index contributed by atoms with van der Waals surface area (Å²) in [5.41, 5.74) is 13.8. The van der Waals surface area contributed by atoms with Crippen LogP contribution in [-0.2, 0) is 4.79 Å². The summed E-state index contributed by atoms with van der Waals surface area (Å²) < 4.78 is 6.03. The Bertz CT molecular complexity index is 1410. The number of nitrogens with two attached hydrogens (primary N) is 1. The van der Waals surface area contributed by atoms with Crippen molar-refractivity contribution < 1.29 is 9.53 Å².